The summed E-state index contributed by atoms with van der Waals surface area (Å²) in [6.45, 7) is 5.45. The molecular formula is C12H22N4O. The minimum absolute atomic E-state index is 0.0665. The van der Waals surface area contributed by atoms with Crippen LogP contribution in [-0.2, 0) is 18.3 Å². The molecule has 1 aromatic rings. The minimum atomic E-state index is -0.144. The number of aromatic nitrogens is 2. The maximum atomic E-state index is 11.6. The number of rotatable bonds is 7. The van der Waals surface area contributed by atoms with Crippen molar-refractivity contribution in [3.63, 3.8) is 0 Å². The maximum Gasteiger partial charge on any atom is 0.236 e. The van der Waals surface area contributed by atoms with Crippen molar-refractivity contribution in [1.82, 2.24) is 20.4 Å². The smallest absolute Gasteiger partial charge is 0.236 e. The Morgan fingerprint density at radius 3 is 2.88 bits per heavy atom. The lowest BCUT2D eigenvalue weighted by Gasteiger charge is -2.13. The Hall–Kier alpha value is -1.36. The second-order valence-corrected chi connectivity index (χ2v) is 4.16. The number of nitrogens with zero attached hydrogens (tertiary/aromatic N) is 2. The van der Waals surface area contributed by atoms with E-state index in [1.807, 2.05) is 31.6 Å². The van der Waals surface area contributed by atoms with Gasteiger partial charge in [0.05, 0.1) is 6.04 Å². The molecule has 0 saturated heterocycles. The lowest BCUT2D eigenvalue weighted by Crippen LogP contribution is -2.43. The number of carbonyl (C=O) groups excluding carboxylic acids is 1. The van der Waals surface area contributed by atoms with Crippen LogP contribution in [0.25, 0.3) is 0 Å². The van der Waals surface area contributed by atoms with Crippen LogP contribution in [0.15, 0.2) is 12.3 Å². The van der Waals surface area contributed by atoms with Crippen LogP contribution in [0.1, 0.15) is 26.0 Å². The molecule has 0 aliphatic carbocycles. The van der Waals surface area contributed by atoms with E-state index in [1.54, 1.807) is 6.20 Å². The number of hydrogen-bond donors (Lipinski definition) is 2. The van der Waals surface area contributed by atoms with Crippen molar-refractivity contribution in [3.05, 3.63) is 18.0 Å². The molecule has 0 bridgehead atoms. The predicted molar refractivity (Wildman–Crippen MR) is 67.7 cm³/mol. The van der Waals surface area contributed by atoms with Crippen LogP contribution in [0.2, 0.25) is 0 Å². The molecule has 17 heavy (non-hydrogen) atoms. The molecule has 5 heteroatoms. The molecule has 2 N–H and O–H groups in total. The molecule has 1 heterocycles. The SMILES string of the molecule is CCCNC(=O)C(C)NCCc1ccnn1C. The molecule has 96 valence electrons. The average Bonchev–Trinajstić information content (AvgIpc) is 2.72. The Morgan fingerprint density at radius 1 is 1.53 bits per heavy atom. The lowest BCUT2D eigenvalue weighted by atomic mass is 10.2. The van der Waals surface area contributed by atoms with Gasteiger partial charge in [0.1, 0.15) is 0 Å². The van der Waals surface area contributed by atoms with Gasteiger partial charge in [0.15, 0.2) is 0 Å². The van der Waals surface area contributed by atoms with Gasteiger partial charge in [-0.05, 0) is 19.4 Å². The van der Waals surface area contributed by atoms with Crippen LogP contribution in [0, 0.1) is 0 Å². The summed E-state index contributed by atoms with van der Waals surface area (Å²) in [5.41, 5.74) is 1.17. The molecule has 0 aliphatic rings. The molecule has 1 amide bonds. The van der Waals surface area contributed by atoms with Crippen molar-refractivity contribution in [2.45, 2.75) is 32.7 Å². The van der Waals surface area contributed by atoms with Crippen molar-refractivity contribution >= 4 is 5.91 Å². The van der Waals surface area contributed by atoms with E-state index >= 15 is 0 Å². The first-order chi connectivity index (χ1) is 8.15. The molecule has 1 rings (SSSR count). The highest BCUT2D eigenvalue weighted by atomic mass is 16.2. The summed E-state index contributed by atoms with van der Waals surface area (Å²) in [6.07, 6.45) is 3.63. The molecule has 1 unspecified atom stereocenters. The van der Waals surface area contributed by atoms with Crippen LogP contribution in [-0.4, -0.2) is 34.8 Å². The van der Waals surface area contributed by atoms with E-state index in [9.17, 15) is 4.79 Å². The van der Waals surface area contributed by atoms with Crippen LogP contribution >= 0.6 is 0 Å². The number of hydrogen-bond acceptors (Lipinski definition) is 3. The van der Waals surface area contributed by atoms with Crippen molar-refractivity contribution in [2.24, 2.45) is 7.05 Å². The standard InChI is InChI=1S/C12H22N4O/c1-4-7-14-12(17)10(2)13-8-5-11-6-9-15-16(11)3/h6,9-10,13H,4-5,7-8H2,1-3H3,(H,14,17). The van der Waals surface area contributed by atoms with Gasteiger partial charge < -0.3 is 10.6 Å². The first-order valence-corrected chi connectivity index (χ1v) is 6.13. The summed E-state index contributed by atoms with van der Waals surface area (Å²) in [6, 6.07) is 1.85. The fraction of sp³-hybridized carbons (Fsp3) is 0.667. The van der Waals surface area contributed by atoms with Crippen molar-refractivity contribution in [3.8, 4) is 0 Å². The first-order valence-electron chi connectivity index (χ1n) is 6.13. The van der Waals surface area contributed by atoms with Gasteiger partial charge in [0.2, 0.25) is 5.91 Å². The molecule has 0 aliphatic heterocycles. The zero-order valence-electron chi connectivity index (χ0n) is 10.9. The van der Waals surface area contributed by atoms with Gasteiger partial charge in [-0.2, -0.15) is 5.10 Å². The monoisotopic (exact) mass is 238 g/mol. The number of aryl methyl sites for hydroxylation is 1. The quantitative estimate of drug-likeness (QED) is 0.726. The van der Waals surface area contributed by atoms with Crippen molar-refractivity contribution < 1.29 is 4.79 Å². The van der Waals surface area contributed by atoms with E-state index in [1.165, 1.54) is 5.69 Å². The van der Waals surface area contributed by atoms with Crippen LogP contribution in [0.5, 0.6) is 0 Å². The van der Waals surface area contributed by atoms with Gasteiger partial charge in [-0.3, -0.25) is 9.48 Å². The largest absolute Gasteiger partial charge is 0.355 e. The summed E-state index contributed by atoms with van der Waals surface area (Å²) in [4.78, 5) is 11.6. The Labute approximate surface area is 103 Å². The highest BCUT2D eigenvalue weighted by molar-refractivity contribution is 5.81. The normalized spacial score (nSPS) is 12.4. The highest BCUT2D eigenvalue weighted by Gasteiger charge is 2.10. The summed E-state index contributed by atoms with van der Waals surface area (Å²) in [5.74, 6) is 0.0665. The fourth-order valence-corrected chi connectivity index (χ4v) is 1.56. The van der Waals surface area contributed by atoms with E-state index in [-0.39, 0.29) is 11.9 Å². The van der Waals surface area contributed by atoms with Gasteiger partial charge in [-0.1, -0.05) is 6.92 Å². The molecule has 0 aromatic carbocycles. The fourth-order valence-electron chi connectivity index (χ4n) is 1.56. The topological polar surface area (TPSA) is 59.0 Å². The first kappa shape index (κ1) is 13.7. The summed E-state index contributed by atoms with van der Waals surface area (Å²) in [5, 5.41) is 10.2. The number of amides is 1. The molecule has 0 radical (unpaired) electrons. The highest BCUT2D eigenvalue weighted by Crippen LogP contribution is 1.96. The van der Waals surface area contributed by atoms with Gasteiger partial charge in [0.25, 0.3) is 0 Å². The van der Waals surface area contributed by atoms with Gasteiger partial charge >= 0.3 is 0 Å². The third kappa shape index (κ3) is 4.56. The maximum absolute atomic E-state index is 11.6. The molecule has 1 atom stereocenters. The molecule has 1 aromatic heterocycles. The van der Waals surface area contributed by atoms with Crippen LogP contribution < -0.4 is 10.6 Å². The van der Waals surface area contributed by atoms with Crippen LogP contribution in [0.3, 0.4) is 0 Å². The third-order valence-corrected chi connectivity index (χ3v) is 2.70. The molecule has 5 nitrogen and oxygen atoms in total. The minimum Gasteiger partial charge on any atom is -0.355 e. The average molecular weight is 238 g/mol. The van der Waals surface area contributed by atoms with E-state index < -0.39 is 0 Å². The number of carbonyl (C=O) groups is 1. The zero-order chi connectivity index (χ0) is 12.7. The molecular weight excluding hydrogens is 216 g/mol. The van der Waals surface area contributed by atoms with Gasteiger partial charge in [0, 0.05) is 38.4 Å². The Kier molecular flexibility index (Phi) is 5.69. The Morgan fingerprint density at radius 2 is 2.29 bits per heavy atom. The van der Waals surface area contributed by atoms with Crippen LogP contribution in [0.4, 0.5) is 0 Å². The Balaban J connectivity index is 2.22. The second-order valence-electron chi connectivity index (χ2n) is 4.16. The van der Waals surface area contributed by atoms with E-state index in [0.29, 0.717) is 0 Å². The predicted octanol–water partition coefficient (Wildman–Crippen LogP) is 0.467. The van der Waals surface area contributed by atoms with E-state index in [0.717, 1.165) is 25.9 Å². The second kappa shape index (κ2) is 7.06. The van der Waals surface area contributed by atoms with Gasteiger partial charge in [-0.25, -0.2) is 0 Å². The van der Waals surface area contributed by atoms with Crippen molar-refractivity contribution in [1.29, 1.82) is 0 Å². The summed E-state index contributed by atoms with van der Waals surface area (Å²) < 4.78 is 1.85. The zero-order valence-corrected chi connectivity index (χ0v) is 10.9. The number of nitrogens with one attached hydrogen (secondary N) is 2. The van der Waals surface area contributed by atoms with Gasteiger partial charge in [-0.15, -0.1) is 0 Å². The summed E-state index contributed by atoms with van der Waals surface area (Å²) in [7, 11) is 1.92. The molecule has 0 spiro atoms. The molecule has 0 fully saturated rings. The van der Waals surface area contributed by atoms with E-state index in [2.05, 4.69) is 15.7 Å². The van der Waals surface area contributed by atoms with Crippen molar-refractivity contribution in [2.75, 3.05) is 13.1 Å². The third-order valence-electron chi connectivity index (χ3n) is 2.70. The molecule has 0 saturated carbocycles. The Bertz CT molecular complexity index is 348. The van der Waals surface area contributed by atoms with E-state index in [4.69, 9.17) is 0 Å². The summed E-state index contributed by atoms with van der Waals surface area (Å²) >= 11 is 0. The lowest BCUT2D eigenvalue weighted by molar-refractivity contribution is -0.122.